The maximum Gasteiger partial charge on any atom is 0.226 e. The third kappa shape index (κ3) is 3.71. The molecule has 2 saturated heterocycles. The molecule has 2 fully saturated rings. The summed E-state index contributed by atoms with van der Waals surface area (Å²) in [4.78, 5) is 26.1. The lowest BCUT2D eigenvalue weighted by atomic mass is 9.96. The molecule has 0 saturated carbocycles. The predicted octanol–water partition coefficient (Wildman–Crippen LogP) is 4.40. The summed E-state index contributed by atoms with van der Waals surface area (Å²) in [6.07, 6.45) is 5.65. The highest BCUT2D eigenvalue weighted by Crippen LogP contribution is 2.33. The second-order valence-corrected chi connectivity index (χ2v) is 9.20. The van der Waals surface area contributed by atoms with Crippen LogP contribution in [0.2, 0.25) is 5.02 Å². The number of thiazole rings is 1. The zero-order valence-electron chi connectivity index (χ0n) is 16.1. The van der Waals surface area contributed by atoms with Crippen molar-refractivity contribution >= 4 is 44.9 Å². The summed E-state index contributed by atoms with van der Waals surface area (Å²) in [5.41, 5.74) is 4.35. The van der Waals surface area contributed by atoms with Crippen molar-refractivity contribution in [1.29, 1.82) is 0 Å². The molecule has 2 aliphatic heterocycles. The standard InChI is InChI=1S/C22H23ClN4OS/c23-17-7-8-20(24-12-17)26-9-10-27-18(13-26)11-16(22(27)28)5-1-3-15-4-2-6-19-21(15)29-14-25-19/h2,4,6-8,12,14,16,18H,1,3,5,9-11,13H2. The Morgan fingerprint density at radius 2 is 2.10 bits per heavy atom. The van der Waals surface area contributed by atoms with Gasteiger partial charge in [-0.05, 0) is 49.4 Å². The Bertz CT molecular complexity index is 1020. The molecule has 0 spiro atoms. The molecule has 150 valence electrons. The van der Waals surface area contributed by atoms with E-state index in [1.54, 1.807) is 17.5 Å². The number of amides is 1. The summed E-state index contributed by atoms with van der Waals surface area (Å²) in [6.45, 7) is 2.47. The summed E-state index contributed by atoms with van der Waals surface area (Å²) in [5.74, 6) is 1.44. The quantitative estimate of drug-likeness (QED) is 0.606. The topological polar surface area (TPSA) is 49.3 Å². The van der Waals surface area contributed by atoms with Crippen LogP contribution in [0.1, 0.15) is 24.8 Å². The summed E-state index contributed by atoms with van der Waals surface area (Å²) in [6, 6.07) is 10.5. The smallest absolute Gasteiger partial charge is 0.226 e. The lowest BCUT2D eigenvalue weighted by molar-refractivity contribution is -0.132. The number of aryl methyl sites for hydroxylation is 1. The first-order valence-corrected chi connectivity index (χ1v) is 11.4. The van der Waals surface area contributed by atoms with Crippen LogP contribution in [0.25, 0.3) is 10.2 Å². The van der Waals surface area contributed by atoms with Crippen molar-refractivity contribution in [2.75, 3.05) is 24.5 Å². The highest BCUT2D eigenvalue weighted by Gasteiger charge is 2.42. The molecule has 2 aliphatic rings. The number of pyridine rings is 1. The molecule has 4 heterocycles. The van der Waals surface area contributed by atoms with Gasteiger partial charge in [0.1, 0.15) is 5.82 Å². The molecule has 3 aromatic rings. The third-order valence-electron chi connectivity index (χ3n) is 6.14. The first-order valence-electron chi connectivity index (χ1n) is 10.2. The first kappa shape index (κ1) is 18.8. The van der Waals surface area contributed by atoms with Crippen LogP contribution >= 0.6 is 22.9 Å². The van der Waals surface area contributed by atoms with E-state index in [-0.39, 0.29) is 5.92 Å². The molecule has 1 aromatic carbocycles. The number of aromatic nitrogens is 2. The van der Waals surface area contributed by atoms with Gasteiger partial charge < -0.3 is 9.80 Å². The van der Waals surface area contributed by atoms with Crippen molar-refractivity contribution in [3.05, 3.63) is 52.6 Å². The first-order chi connectivity index (χ1) is 14.2. The average Bonchev–Trinajstić information content (AvgIpc) is 3.34. The lowest BCUT2D eigenvalue weighted by Gasteiger charge is -2.38. The number of benzene rings is 1. The Morgan fingerprint density at radius 3 is 2.97 bits per heavy atom. The van der Waals surface area contributed by atoms with Gasteiger partial charge in [0.15, 0.2) is 0 Å². The highest BCUT2D eigenvalue weighted by molar-refractivity contribution is 7.16. The van der Waals surface area contributed by atoms with Gasteiger partial charge in [0.05, 0.1) is 26.8 Å². The molecule has 5 rings (SSSR count). The van der Waals surface area contributed by atoms with E-state index in [1.807, 2.05) is 17.6 Å². The maximum atomic E-state index is 12.9. The second kappa shape index (κ2) is 7.92. The zero-order chi connectivity index (χ0) is 19.8. The number of carbonyl (C=O) groups excluding carboxylic acids is 1. The van der Waals surface area contributed by atoms with Gasteiger partial charge in [-0.25, -0.2) is 9.97 Å². The Balaban J connectivity index is 1.19. The molecule has 5 nitrogen and oxygen atoms in total. The van der Waals surface area contributed by atoms with E-state index < -0.39 is 0 Å². The van der Waals surface area contributed by atoms with Crippen molar-refractivity contribution in [2.45, 2.75) is 31.7 Å². The molecule has 0 N–H and O–H groups in total. The van der Waals surface area contributed by atoms with Crippen LogP contribution in [0.4, 0.5) is 5.82 Å². The average molecular weight is 427 g/mol. The van der Waals surface area contributed by atoms with Crippen LogP contribution in [-0.4, -0.2) is 46.5 Å². The number of fused-ring (bicyclic) bond motifs is 2. The molecule has 2 unspecified atom stereocenters. The Kier molecular flexibility index (Phi) is 5.14. The fraction of sp³-hybridized carbons (Fsp3) is 0.409. The third-order valence-corrected chi connectivity index (χ3v) is 7.29. The van der Waals surface area contributed by atoms with Gasteiger partial charge in [-0.15, -0.1) is 11.3 Å². The molecule has 2 aromatic heterocycles. The van der Waals surface area contributed by atoms with Crippen LogP contribution in [0.15, 0.2) is 42.0 Å². The lowest BCUT2D eigenvalue weighted by Crippen LogP contribution is -2.51. The Hall–Kier alpha value is -2.18. The number of rotatable bonds is 5. The van der Waals surface area contributed by atoms with E-state index in [2.05, 4.69) is 38.0 Å². The summed E-state index contributed by atoms with van der Waals surface area (Å²) in [7, 11) is 0. The van der Waals surface area contributed by atoms with Crippen LogP contribution in [0, 0.1) is 5.92 Å². The predicted molar refractivity (Wildman–Crippen MR) is 118 cm³/mol. The number of carbonyl (C=O) groups is 1. The second-order valence-electron chi connectivity index (χ2n) is 7.91. The minimum atomic E-state index is 0.152. The van der Waals surface area contributed by atoms with Crippen molar-refractivity contribution in [2.24, 2.45) is 5.92 Å². The van der Waals surface area contributed by atoms with E-state index in [1.165, 1.54) is 10.3 Å². The highest BCUT2D eigenvalue weighted by atomic mass is 35.5. The molecular weight excluding hydrogens is 404 g/mol. The molecule has 0 aliphatic carbocycles. The van der Waals surface area contributed by atoms with E-state index >= 15 is 0 Å². The van der Waals surface area contributed by atoms with Gasteiger partial charge in [0.2, 0.25) is 5.91 Å². The largest absolute Gasteiger partial charge is 0.353 e. The van der Waals surface area contributed by atoms with Crippen molar-refractivity contribution in [1.82, 2.24) is 14.9 Å². The van der Waals surface area contributed by atoms with E-state index in [0.29, 0.717) is 17.0 Å². The van der Waals surface area contributed by atoms with Crippen molar-refractivity contribution in [3.8, 4) is 0 Å². The fourth-order valence-electron chi connectivity index (χ4n) is 4.70. The number of hydrogen-bond acceptors (Lipinski definition) is 5. The number of nitrogens with zero attached hydrogens (tertiary/aromatic N) is 4. The number of anilines is 1. The van der Waals surface area contributed by atoms with E-state index in [0.717, 1.165) is 56.7 Å². The molecular formula is C22H23ClN4OS. The van der Waals surface area contributed by atoms with E-state index in [4.69, 9.17) is 11.6 Å². The number of hydrogen-bond donors (Lipinski definition) is 0. The van der Waals surface area contributed by atoms with E-state index in [9.17, 15) is 4.79 Å². The number of halogens is 1. The summed E-state index contributed by atoms with van der Waals surface area (Å²) >= 11 is 7.67. The van der Waals surface area contributed by atoms with Crippen LogP contribution in [0.5, 0.6) is 0 Å². The van der Waals surface area contributed by atoms with Gasteiger partial charge in [0, 0.05) is 31.7 Å². The molecule has 1 amide bonds. The zero-order valence-corrected chi connectivity index (χ0v) is 17.7. The van der Waals surface area contributed by atoms with Crippen molar-refractivity contribution in [3.63, 3.8) is 0 Å². The normalized spacial score (nSPS) is 21.8. The van der Waals surface area contributed by atoms with Gasteiger partial charge in [-0.3, -0.25) is 4.79 Å². The van der Waals surface area contributed by atoms with Crippen molar-refractivity contribution < 1.29 is 4.79 Å². The fourth-order valence-corrected chi connectivity index (χ4v) is 5.64. The Morgan fingerprint density at radius 1 is 1.17 bits per heavy atom. The van der Waals surface area contributed by atoms with Crippen LogP contribution in [-0.2, 0) is 11.2 Å². The molecule has 0 radical (unpaired) electrons. The molecule has 7 heteroatoms. The number of piperazine rings is 1. The molecule has 29 heavy (non-hydrogen) atoms. The van der Waals surface area contributed by atoms with Gasteiger partial charge in [-0.2, -0.15) is 0 Å². The minimum absolute atomic E-state index is 0.152. The van der Waals surface area contributed by atoms with Gasteiger partial charge in [-0.1, -0.05) is 23.7 Å². The van der Waals surface area contributed by atoms with Gasteiger partial charge >= 0.3 is 0 Å². The molecule has 0 bridgehead atoms. The van der Waals surface area contributed by atoms with Crippen LogP contribution in [0.3, 0.4) is 0 Å². The minimum Gasteiger partial charge on any atom is -0.353 e. The van der Waals surface area contributed by atoms with Crippen LogP contribution < -0.4 is 4.90 Å². The maximum absolute atomic E-state index is 12.9. The SMILES string of the molecule is O=C1C(CCCc2cccc3ncsc23)CC2CN(c3ccc(Cl)cn3)CCN12. The molecule has 2 atom stereocenters. The summed E-state index contributed by atoms with van der Waals surface area (Å²) in [5, 5.41) is 0.650. The summed E-state index contributed by atoms with van der Waals surface area (Å²) < 4.78 is 1.29. The Labute approximate surface area is 179 Å². The van der Waals surface area contributed by atoms with Gasteiger partial charge in [0.25, 0.3) is 0 Å². The monoisotopic (exact) mass is 426 g/mol.